The summed E-state index contributed by atoms with van der Waals surface area (Å²) in [6, 6.07) is 0.862. The fourth-order valence-corrected chi connectivity index (χ4v) is 3.72. The molecule has 0 aromatic carbocycles. The van der Waals surface area contributed by atoms with Crippen LogP contribution in [0.25, 0.3) is 0 Å². The number of nitrogens with zero attached hydrogens (tertiary/aromatic N) is 1. The summed E-state index contributed by atoms with van der Waals surface area (Å²) in [5.74, 6) is -0.104. The van der Waals surface area contributed by atoms with Gasteiger partial charge in [0.1, 0.15) is 5.54 Å². The van der Waals surface area contributed by atoms with E-state index in [-0.39, 0.29) is 12.1 Å². The second-order valence-corrected chi connectivity index (χ2v) is 6.59. The van der Waals surface area contributed by atoms with E-state index in [4.69, 9.17) is 9.47 Å². The summed E-state index contributed by atoms with van der Waals surface area (Å²) in [4.78, 5) is 14.8. The Labute approximate surface area is 128 Å². The van der Waals surface area contributed by atoms with Crippen molar-refractivity contribution in [3.8, 4) is 0 Å². The van der Waals surface area contributed by atoms with Gasteiger partial charge in [-0.25, -0.2) is 0 Å². The third-order valence-corrected chi connectivity index (χ3v) is 4.90. The lowest BCUT2D eigenvalue weighted by Crippen LogP contribution is -2.55. The summed E-state index contributed by atoms with van der Waals surface area (Å²) in [6.45, 7) is 9.05. The standard InChI is InChI=1S/C16H30N2O3/c1-5-8-17-16(15(19)20-4)7-6-14(9-16)18-10-13(3)21-11-12(18)2/h12-14,17H,5-11H2,1-4H3. The number of hydrogen-bond donors (Lipinski definition) is 1. The summed E-state index contributed by atoms with van der Waals surface area (Å²) >= 11 is 0. The quantitative estimate of drug-likeness (QED) is 0.781. The Morgan fingerprint density at radius 2 is 2.24 bits per heavy atom. The third-order valence-electron chi connectivity index (χ3n) is 4.90. The van der Waals surface area contributed by atoms with E-state index in [1.807, 2.05) is 0 Å². The zero-order chi connectivity index (χ0) is 15.5. The number of nitrogens with one attached hydrogen (secondary N) is 1. The second-order valence-electron chi connectivity index (χ2n) is 6.59. The average molecular weight is 298 g/mol. The van der Waals surface area contributed by atoms with Crippen molar-refractivity contribution in [3.63, 3.8) is 0 Å². The maximum atomic E-state index is 12.3. The molecule has 0 spiro atoms. The number of esters is 1. The largest absolute Gasteiger partial charge is 0.468 e. The molecule has 1 aliphatic heterocycles. The van der Waals surface area contributed by atoms with Gasteiger partial charge in [-0.3, -0.25) is 9.69 Å². The van der Waals surface area contributed by atoms with E-state index in [0.29, 0.717) is 12.1 Å². The third kappa shape index (κ3) is 3.58. The molecule has 0 radical (unpaired) electrons. The number of hydrogen-bond acceptors (Lipinski definition) is 5. The Kier molecular flexibility index (Phi) is 5.63. The Hall–Kier alpha value is -0.650. The van der Waals surface area contributed by atoms with Gasteiger partial charge in [0.2, 0.25) is 0 Å². The average Bonchev–Trinajstić information content (AvgIpc) is 2.92. The van der Waals surface area contributed by atoms with Gasteiger partial charge in [-0.2, -0.15) is 0 Å². The molecule has 0 aromatic heterocycles. The van der Waals surface area contributed by atoms with E-state index in [9.17, 15) is 4.79 Å². The molecule has 2 aliphatic rings. The normalized spacial score (nSPS) is 37.6. The van der Waals surface area contributed by atoms with Crippen LogP contribution in [0.2, 0.25) is 0 Å². The van der Waals surface area contributed by atoms with Gasteiger partial charge in [0.05, 0.1) is 19.8 Å². The highest BCUT2D eigenvalue weighted by Crippen LogP contribution is 2.36. The molecule has 1 aliphatic carbocycles. The smallest absolute Gasteiger partial charge is 0.326 e. The minimum absolute atomic E-state index is 0.104. The van der Waals surface area contributed by atoms with Crippen LogP contribution in [0.4, 0.5) is 0 Å². The number of rotatable bonds is 5. The SMILES string of the molecule is CCCNC1(C(=O)OC)CCC(N2CC(C)OCC2C)C1. The monoisotopic (exact) mass is 298 g/mol. The molecule has 21 heavy (non-hydrogen) atoms. The van der Waals surface area contributed by atoms with Crippen molar-refractivity contribution in [2.75, 3.05) is 26.8 Å². The first-order valence-corrected chi connectivity index (χ1v) is 8.23. The molecule has 122 valence electrons. The first-order chi connectivity index (χ1) is 10.0. The molecule has 0 amide bonds. The lowest BCUT2D eigenvalue weighted by atomic mass is 9.96. The molecule has 5 nitrogen and oxygen atoms in total. The lowest BCUT2D eigenvalue weighted by molar-refractivity contribution is -0.148. The number of ether oxygens (including phenoxy) is 2. The first-order valence-electron chi connectivity index (χ1n) is 8.23. The molecule has 4 atom stereocenters. The Morgan fingerprint density at radius 3 is 2.90 bits per heavy atom. The van der Waals surface area contributed by atoms with Crippen molar-refractivity contribution in [1.82, 2.24) is 10.2 Å². The molecule has 2 rings (SSSR count). The van der Waals surface area contributed by atoms with Crippen molar-refractivity contribution < 1.29 is 14.3 Å². The molecule has 1 heterocycles. The van der Waals surface area contributed by atoms with Gasteiger partial charge in [0.15, 0.2) is 0 Å². The molecule has 2 fully saturated rings. The van der Waals surface area contributed by atoms with Crippen molar-refractivity contribution in [1.29, 1.82) is 0 Å². The maximum absolute atomic E-state index is 12.3. The van der Waals surface area contributed by atoms with Gasteiger partial charge < -0.3 is 14.8 Å². The fraction of sp³-hybridized carbons (Fsp3) is 0.938. The molecule has 5 heteroatoms. The number of methoxy groups -OCH3 is 1. The highest BCUT2D eigenvalue weighted by atomic mass is 16.5. The van der Waals surface area contributed by atoms with Crippen LogP contribution in [-0.2, 0) is 14.3 Å². The fourth-order valence-electron chi connectivity index (χ4n) is 3.72. The molecule has 0 bridgehead atoms. The molecular weight excluding hydrogens is 268 g/mol. The van der Waals surface area contributed by atoms with Crippen LogP contribution in [0.5, 0.6) is 0 Å². The summed E-state index contributed by atoms with van der Waals surface area (Å²) in [7, 11) is 1.49. The van der Waals surface area contributed by atoms with Crippen LogP contribution in [0.15, 0.2) is 0 Å². The van der Waals surface area contributed by atoms with E-state index in [1.54, 1.807) is 0 Å². The molecular formula is C16H30N2O3. The van der Waals surface area contributed by atoms with E-state index in [2.05, 4.69) is 31.0 Å². The predicted molar refractivity (Wildman–Crippen MR) is 82.3 cm³/mol. The first kappa shape index (κ1) is 16.7. The van der Waals surface area contributed by atoms with E-state index in [1.165, 1.54) is 7.11 Å². The van der Waals surface area contributed by atoms with Gasteiger partial charge in [0.25, 0.3) is 0 Å². The van der Waals surface area contributed by atoms with Crippen LogP contribution in [-0.4, -0.2) is 61.4 Å². The summed E-state index contributed by atoms with van der Waals surface area (Å²) in [6.07, 6.45) is 4.05. The summed E-state index contributed by atoms with van der Waals surface area (Å²) < 4.78 is 10.8. The zero-order valence-corrected chi connectivity index (χ0v) is 13.9. The Balaban J connectivity index is 2.06. The van der Waals surface area contributed by atoms with Gasteiger partial charge in [0, 0.05) is 18.6 Å². The minimum atomic E-state index is -0.489. The molecule has 1 N–H and O–H groups in total. The number of carbonyl (C=O) groups excluding carboxylic acids is 1. The molecule has 1 saturated heterocycles. The molecule has 1 saturated carbocycles. The van der Waals surface area contributed by atoms with Gasteiger partial charge in [-0.15, -0.1) is 0 Å². The Morgan fingerprint density at radius 1 is 1.48 bits per heavy atom. The topological polar surface area (TPSA) is 50.8 Å². The van der Waals surface area contributed by atoms with Crippen molar-refractivity contribution in [2.24, 2.45) is 0 Å². The van der Waals surface area contributed by atoms with E-state index >= 15 is 0 Å². The van der Waals surface area contributed by atoms with Crippen molar-refractivity contribution >= 4 is 5.97 Å². The Bertz CT molecular complexity index is 363. The number of carbonyl (C=O) groups is 1. The summed E-state index contributed by atoms with van der Waals surface area (Å²) in [5.41, 5.74) is -0.489. The molecule has 0 aromatic rings. The minimum Gasteiger partial charge on any atom is -0.468 e. The van der Waals surface area contributed by atoms with Crippen LogP contribution in [0.3, 0.4) is 0 Å². The highest BCUT2D eigenvalue weighted by Gasteiger charge is 2.48. The van der Waals surface area contributed by atoms with Crippen molar-refractivity contribution in [2.45, 2.75) is 70.2 Å². The van der Waals surface area contributed by atoms with Gasteiger partial charge >= 0.3 is 5.97 Å². The highest BCUT2D eigenvalue weighted by molar-refractivity contribution is 5.81. The lowest BCUT2D eigenvalue weighted by Gasteiger charge is -2.41. The molecule has 4 unspecified atom stereocenters. The zero-order valence-electron chi connectivity index (χ0n) is 13.9. The summed E-state index contributed by atoms with van der Waals surface area (Å²) in [5, 5.41) is 3.46. The second kappa shape index (κ2) is 7.07. The van der Waals surface area contributed by atoms with Crippen molar-refractivity contribution in [3.05, 3.63) is 0 Å². The predicted octanol–water partition coefficient (Wildman–Crippen LogP) is 1.56. The van der Waals surface area contributed by atoms with Crippen LogP contribution < -0.4 is 5.32 Å². The maximum Gasteiger partial charge on any atom is 0.326 e. The van der Waals surface area contributed by atoms with Gasteiger partial charge in [-0.1, -0.05) is 6.92 Å². The van der Waals surface area contributed by atoms with Crippen LogP contribution >= 0.6 is 0 Å². The van der Waals surface area contributed by atoms with Crippen LogP contribution in [0.1, 0.15) is 46.5 Å². The van der Waals surface area contributed by atoms with E-state index < -0.39 is 5.54 Å². The number of morpholine rings is 1. The van der Waals surface area contributed by atoms with E-state index in [0.717, 1.165) is 45.4 Å². The van der Waals surface area contributed by atoms with Crippen LogP contribution in [0, 0.1) is 0 Å². The van der Waals surface area contributed by atoms with Gasteiger partial charge in [-0.05, 0) is 46.1 Å².